The molecule has 27 heavy (non-hydrogen) atoms. The lowest BCUT2D eigenvalue weighted by atomic mass is 9.83. The van der Waals surface area contributed by atoms with Crippen LogP contribution < -0.4 is 5.43 Å². The van der Waals surface area contributed by atoms with Crippen LogP contribution in [0.2, 0.25) is 0 Å². The zero-order valence-corrected chi connectivity index (χ0v) is 15.7. The molecular formula is C22H27N3O2. The average Bonchev–Trinajstić information content (AvgIpc) is 3.24. The molecule has 1 fully saturated rings. The van der Waals surface area contributed by atoms with E-state index in [2.05, 4.69) is 33.4 Å². The minimum Gasteiger partial charge on any atom is -0.396 e. The van der Waals surface area contributed by atoms with E-state index < -0.39 is 0 Å². The second-order valence-corrected chi connectivity index (χ2v) is 7.56. The Balaban J connectivity index is 1.68. The number of nitrogens with one attached hydrogen (secondary N) is 1. The molecule has 0 atom stereocenters. The Morgan fingerprint density at radius 2 is 2.00 bits per heavy atom. The van der Waals surface area contributed by atoms with Gasteiger partial charge in [-0.05, 0) is 37.8 Å². The highest BCUT2D eigenvalue weighted by Gasteiger charge is 2.30. The van der Waals surface area contributed by atoms with E-state index in [-0.39, 0.29) is 12.5 Å². The monoisotopic (exact) mass is 365 g/mol. The molecule has 1 aromatic carbocycles. The molecule has 0 radical (unpaired) electrons. The topological polar surface area (TPSA) is 66.6 Å². The van der Waals surface area contributed by atoms with Crippen LogP contribution in [0.25, 0.3) is 17.0 Å². The maximum atomic E-state index is 12.5. The van der Waals surface area contributed by atoms with Gasteiger partial charge in [0.1, 0.15) is 0 Å². The first kappa shape index (κ1) is 18.0. The van der Waals surface area contributed by atoms with Gasteiger partial charge in [-0.15, -0.1) is 0 Å². The fourth-order valence-electron chi connectivity index (χ4n) is 4.30. The third-order valence-electron chi connectivity index (χ3n) is 5.72. The molecule has 0 bridgehead atoms. The van der Waals surface area contributed by atoms with Crippen LogP contribution in [0.1, 0.15) is 50.5 Å². The summed E-state index contributed by atoms with van der Waals surface area (Å²) in [5.41, 5.74) is 6.57. The van der Waals surface area contributed by atoms with Crippen molar-refractivity contribution in [2.24, 2.45) is 11.0 Å². The highest BCUT2D eigenvalue weighted by atomic mass is 16.2. The highest BCUT2D eigenvalue weighted by molar-refractivity contribution is 6.28. The normalized spacial score (nSPS) is 19.7. The second-order valence-electron chi connectivity index (χ2n) is 7.56. The van der Waals surface area contributed by atoms with E-state index in [1.54, 1.807) is 0 Å². The van der Waals surface area contributed by atoms with Crippen LogP contribution in [-0.2, 0) is 11.3 Å². The lowest BCUT2D eigenvalue weighted by Crippen LogP contribution is -2.20. The number of aromatic nitrogens is 1. The number of para-hydroxylation sites is 1. The third kappa shape index (κ3) is 3.69. The fourth-order valence-corrected chi connectivity index (χ4v) is 4.30. The first-order chi connectivity index (χ1) is 13.3. The van der Waals surface area contributed by atoms with Gasteiger partial charge >= 0.3 is 0 Å². The first-order valence-corrected chi connectivity index (χ1v) is 10.1. The minimum absolute atomic E-state index is 0.0901. The number of hydrogen-bond donors (Lipinski definition) is 2. The van der Waals surface area contributed by atoms with Crippen molar-refractivity contribution in [3.8, 4) is 0 Å². The van der Waals surface area contributed by atoms with E-state index in [1.807, 2.05) is 18.2 Å². The Hall–Kier alpha value is -2.40. The van der Waals surface area contributed by atoms with Gasteiger partial charge in [-0.2, -0.15) is 5.10 Å². The van der Waals surface area contributed by atoms with E-state index in [1.165, 1.54) is 19.3 Å². The summed E-state index contributed by atoms with van der Waals surface area (Å²) in [7, 11) is 0. The maximum Gasteiger partial charge on any atom is 0.273 e. The quantitative estimate of drug-likeness (QED) is 0.603. The van der Waals surface area contributed by atoms with Gasteiger partial charge in [0.2, 0.25) is 0 Å². The number of aryl methyl sites for hydroxylation is 1. The van der Waals surface area contributed by atoms with Crippen LogP contribution in [-0.4, -0.2) is 27.9 Å². The Kier molecular flexibility index (Phi) is 5.39. The standard InChI is InChI=1S/C22H27N3O2/c26-13-7-6-12-25-15-17(18-10-4-5-11-20(18)25)14-19-21(23-24-22(19)27)16-8-2-1-3-9-16/h4-5,10-11,14-16,26H,1-3,6-9,12-13H2,(H,24,27)/b19-14+. The lowest BCUT2D eigenvalue weighted by molar-refractivity contribution is -0.116. The second kappa shape index (κ2) is 8.09. The van der Waals surface area contributed by atoms with Crippen molar-refractivity contribution < 1.29 is 9.90 Å². The molecule has 2 N–H and O–H groups in total. The first-order valence-electron chi connectivity index (χ1n) is 10.1. The maximum absolute atomic E-state index is 12.5. The third-order valence-corrected chi connectivity index (χ3v) is 5.72. The van der Waals surface area contributed by atoms with Crippen molar-refractivity contribution in [3.05, 3.63) is 41.6 Å². The fraction of sp³-hybridized carbons (Fsp3) is 0.455. The Morgan fingerprint density at radius 1 is 1.19 bits per heavy atom. The molecule has 1 amide bonds. The number of nitrogens with zero attached hydrogens (tertiary/aromatic N) is 2. The van der Waals surface area contributed by atoms with Crippen LogP contribution >= 0.6 is 0 Å². The molecular weight excluding hydrogens is 338 g/mol. The number of rotatable bonds is 6. The number of hydrazone groups is 1. The number of carbonyl (C=O) groups is 1. The van der Waals surface area contributed by atoms with Crippen molar-refractivity contribution in [1.29, 1.82) is 0 Å². The van der Waals surface area contributed by atoms with E-state index >= 15 is 0 Å². The molecule has 1 aliphatic carbocycles. The van der Waals surface area contributed by atoms with Crippen LogP contribution in [0, 0.1) is 5.92 Å². The molecule has 0 saturated heterocycles. The van der Waals surface area contributed by atoms with Gasteiger partial charge in [0.05, 0.1) is 11.3 Å². The van der Waals surface area contributed by atoms with E-state index in [0.29, 0.717) is 5.92 Å². The molecule has 2 aromatic rings. The van der Waals surface area contributed by atoms with Crippen molar-refractivity contribution in [2.45, 2.75) is 51.5 Å². The Bertz CT molecular complexity index is 888. The van der Waals surface area contributed by atoms with Crippen molar-refractivity contribution in [1.82, 2.24) is 9.99 Å². The van der Waals surface area contributed by atoms with Gasteiger partial charge in [-0.1, -0.05) is 37.5 Å². The summed E-state index contributed by atoms with van der Waals surface area (Å²) in [5, 5.41) is 14.6. The summed E-state index contributed by atoms with van der Waals surface area (Å²) in [5.74, 6) is 0.300. The summed E-state index contributed by atoms with van der Waals surface area (Å²) in [6, 6.07) is 8.29. The molecule has 5 nitrogen and oxygen atoms in total. The SMILES string of the molecule is O=C1NN=C(C2CCCCC2)/C1=C\c1cn(CCCCO)c2ccccc12. The number of unbranched alkanes of at least 4 members (excludes halogenated alkanes) is 1. The van der Waals surface area contributed by atoms with Gasteiger partial charge in [0.25, 0.3) is 5.91 Å². The Labute approximate surface area is 159 Å². The zero-order valence-electron chi connectivity index (χ0n) is 15.7. The summed E-state index contributed by atoms with van der Waals surface area (Å²) in [4.78, 5) is 12.5. The van der Waals surface area contributed by atoms with Crippen LogP contribution in [0.4, 0.5) is 0 Å². The van der Waals surface area contributed by atoms with Gasteiger partial charge in [-0.25, -0.2) is 5.43 Å². The molecule has 0 spiro atoms. The van der Waals surface area contributed by atoms with Crippen LogP contribution in [0.3, 0.4) is 0 Å². The summed E-state index contributed by atoms with van der Waals surface area (Å²) < 4.78 is 2.22. The number of benzene rings is 1. The zero-order chi connectivity index (χ0) is 18.6. The minimum atomic E-state index is -0.0901. The van der Waals surface area contributed by atoms with Gasteiger partial charge in [-0.3, -0.25) is 4.79 Å². The lowest BCUT2D eigenvalue weighted by Gasteiger charge is -2.21. The summed E-state index contributed by atoms with van der Waals surface area (Å²) >= 11 is 0. The molecule has 5 heteroatoms. The molecule has 4 rings (SSSR count). The smallest absolute Gasteiger partial charge is 0.273 e. The molecule has 2 heterocycles. The number of hydrogen-bond acceptors (Lipinski definition) is 3. The van der Waals surface area contributed by atoms with E-state index in [0.717, 1.165) is 60.0 Å². The molecule has 2 aliphatic rings. The summed E-state index contributed by atoms with van der Waals surface area (Å²) in [6.07, 6.45) is 11.8. The molecule has 0 unspecified atom stereocenters. The largest absolute Gasteiger partial charge is 0.396 e. The number of amides is 1. The van der Waals surface area contributed by atoms with Gasteiger partial charge < -0.3 is 9.67 Å². The predicted molar refractivity (Wildman–Crippen MR) is 108 cm³/mol. The van der Waals surface area contributed by atoms with Gasteiger partial charge in [0, 0.05) is 41.7 Å². The number of fused-ring (bicyclic) bond motifs is 1. The van der Waals surface area contributed by atoms with Crippen molar-refractivity contribution >= 4 is 28.6 Å². The molecule has 142 valence electrons. The molecule has 1 aliphatic heterocycles. The summed E-state index contributed by atoms with van der Waals surface area (Å²) in [6.45, 7) is 1.08. The average molecular weight is 365 g/mol. The highest BCUT2D eigenvalue weighted by Crippen LogP contribution is 2.31. The number of carbonyl (C=O) groups excluding carboxylic acids is 1. The predicted octanol–water partition coefficient (Wildman–Crippen LogP) is 3.86. The number of aliphatic hydroxyl groups is 1. The molecule has 1 aromatic heterocycles. The van der Waals surface area contributed by atoms with E-state index in [4.69, 9.17) is 5.11 Å². The van der Waals surface area contributed by atoms with Gasteiger partial charge in [0.15, 0.2) is 0 Å². The molecule has 1 saturated carbocycles. The van der Waals surface area contributed by atoms with Crippen LogP contribution in [0.5, 0.6) is 0 Å². The Morgan fingerprint density at radius 3 is 2.81 bits per heavy atom. The van der Waals surface area contributed by atoms with Crippen LogP contribution in [0.15, 0.2) is 41.1 Å². The van der Waals surface area contributed by atoms with Crippen molar-refractivity contribution in [2.75, 3.05) is 6.61 Å². The van der Waals surface area contributed by atoms with Crippen molar-refractivity contribution in [3.63, 3.8) is 0 Å². The number of aliphatic hydroxyl groups excluding tert-OH is 1. The van der Waals surface area contributed by atoms with E-state index in [9.17, 15) is 4.79 Å².